The first-order chi connectivity index (χ1) is 13.2. The Morgan fingerprint density at radius 2 is 1.93 bits per heavy atom. The summed E-state index contributed by atoms with van der Waals surface area (Å²) in [5.41, 5.74) is 4.56. The number of nitrogens with zero attached hydrogens (tertiary/aromatic N) is 2. The van der Waals surface area contributed by atoms with Gasteiger partial charge < -0.3 is 9.15 Å². The number of hydrogen-bond donors (Lipinski definition) is 0. The smallest absolute Gasteiger partial charge is 0.306 e. The van der Waals surface area contributed by atoms with E-state index in [2.05, 4.69) is 29.0 Å². The molecule has 0 bridgehead atoms. The van der Waals surface area contributed by atoms with Gasteiger partial charge in [-0.2, -0.15) is 0 Å². The summed E-state index contributed by atoms with van der Waals surface area (Å²) in [4.78, 5) is 20.9. The van der Waals surface area contributed by atoms with Gasteiger partial charge in [-0.3, -0.25) is 4.79 Å². The molecule has 4 rings (SSSR count). The summed E-state index contributed by atoms with van der Waals surface area (Å²) >= 11 is 1.55. The van der Waals surface area contributed by atoms with E-state index in [1.165, 1.54) is 5.56 Å². The fourth-order valence-corrected chi connectivity index (χ4v) is 3.47. The minimum absolute atomic E-state index is 0.175. The van der Waals surface area contributed by atoms with E-state index in [9.17, 15) is 4.79 Å². The van der Waals surface area contributed by atoms with Crippen LogP contribution in [-0.4, -0.2) is 15.9 Å². The lowest BCUT2D eigenvalue weighted by atomic mass is 10.2. The second kappa shape index (κ2) is 7.72. The third-order valence-corrected chi connectivity index (χ3v) is 5.05. The van der Waals surface area contributed by atoms with E-state index in [1.54, 1.807) is 11.3 Å². The monoisotopic (exact) mass is 378 g/mol. The Kier molecular flexibility index (Phi) is 4.98. The summed E-state index contributed by atoms with van der Waals surface area (Å²) in [7, 11) is 0. The van der Waals surface area contributed by atoms with Gasteiger partial charge >= 0.3 is 5.97 Å². The molecule has 0 atom stereocenters. The van der Waals surface area contributed by atoms with Crippen molar-refractivity contribution in [3.05, 3.63) is 71.1 Å². The van der Waals surface area contributed by atoms with Crippen LogP contribution >= 0.6 is 11.3 Å². The van der Waals surface area contributed by atoms with Crippen molar-refractivity contribution in [1.82, 2.24) is 9.97 Å². The van der Waals surface area contributed by atoms with Crippen molar-refractivity contribution in [1.29, 1.82) is 0 Å². The molecule has 0 aliphatic heterocycles. The van der Waals surface area contributed by atoms with Gasteiger partial charge in [-0.1, -0.05) is 42.0 Å². The number of hydrogen-bond acceptors (Lipinski definition) is 6. The number of fused-ring (bicyclic) bond motifs is 1. The Morgan fingerprint density at radius 3 is 2.74 bits per heavy atom. The van der Waals surface area contributed by atoms with E-state index in [4.69, 9.17) is 9.15 Å². The lowest BCUT2D eigenvalue weighted by molar-refractivity contribution is -0.145. The minimum Gasteiger partial charge on any atom is -0.459 e. The Hall–Kier alpha value is -2.99. The molecule has 0 N–H and O–H groups in total. The van der Waals surface area contributed by atoms with Crippen LogP contribution in [0.1, 0.15) is 23.6 Å². The number of benzene rings is 2. The number of para-hydroxylation sites is 2. The summed E-state index contributed by atoms with van der Waals surface area (Å²) in [6.45, 7) is 2.23. The first-order valence-electron chi connectivity index (χ1n) is 8.69. The summed E-state index contributed by atoms with van der Waals surface area (Å²) in [5, 5.41) is 2.84. The maximum absolute atomic E-state index is 12.0. The normalized spacial score (nSPS) is 11.0. The largest absolute Gasteiger partial charge is 0.459 e. The molecule has 0 amide bonds. The highest BCUT2D eigenvalue weighted by Crippen LogP contribution is 2.24. The minimum atomic E-state index is -0.290. The van der Waals surface area contributed by atoms with E-state index in [0.29, 0.717) is 12.3 Å². The summed E-state index contributed by atoms with van der Waals surface area (Å²) in [6.07, 6.45) is 0.640. The molecule has 2 aromatic carbocycles. The highest BCUT2D eigenvalue weighted by Gasteiger charge is 2.11. The number of carbonyl (C=O) groups is 1. The Bertz CT molecular complexity index is 1030. The molecule has 4 aromatic rings. The Labute approximate surface area is 160 Å². The number of carbonyl (C=O) groups excluding carboxylic acids is 1. The molecule has 6 heteroatoms. The molecule has 2 heterocycles. The Balaban J connectivity index is 1.29. The zero-order valence-electron chi connectivity index (χ0n) is 14.8. The van der Waals surface area contributed by atoms with Crippen LogP contribution < -0.4 is 0 Å². The van der Waals surface area contributed by atoms with E-state index < -0.39 is 0 Å². The topological polar surface area (TPSA) is 65.2 Å². The van der Waals surface area contributed by atoms with Gasteiger partial charge in [0.2, 0.25) is 0 Å². The number of aryl methyl sites for hydroxylation is 2. The third kappa shape index (κ3) is 4.23. The molecular weight excluding hydrogens is 360 g/mol. The van der Waals surface area contributed by atoms with Crippen molar-refractivity contribution in [3.63, 3.8) is 0 Å². The molecule has 0 aliphatic carbocycles. The predicted octanol–water partition coefficient (Wildman–Crippen LogP) is 4.94. The predicted molar refractivity (Wildman–Crippen MR) is 104 cm³/mol. The van der Waals surface area contributed by atoms with E-state index >= 15 is 0 Å². The zero-order valence-corrected chi connectivity index (χ0v) is 15.7. The molecule has 0 unspecified atom stereocenters. The van der Waals surface area contributed by atoms with Crippen molar-refractivity contribution >= 4 is 28.4 Å². The van der Waals surface area contributed by atoms with Crippen molar-refractivity contribution < 1.29 is 13.9 Å². The summed E-state index contributed by atoms with van der Waals surface area (Å²) in [6, 6.07) is 15.7. The quantitative estimate of drug-likeness (QED) is 0.445. The average Bonchev–Trinajstić information content (AvgIpc) is 3.32. The van der Waals surface area contributed by atoms with Crippen molar-refractivity contribution in [3.8, 4) is 10.6 Å². The summed E-state index contributed by atoms with van der Waals surface area (Å²) < 4.78 is 10.9. The van der Waals surface area contributed by atoms with Gasteiger partial charge in [-0.15, -0.1) is 11.3 Å². The van der Waals surface area contributed by atoms with Crippen LogP contribution in [0.25, 0.3) is 21.7 Å². The van der Waals surface area contributed by atoms with Crippen LogP contribution in [-0.2, 0) is 22.6 Å². The molecule has 5 nitrogen and oxygen atoms in total. The second-order valence-corrected chi connectivity index (χ2v) is 7.10. The average molecular weight is 378 g/mol. The van der Waals surface area contributed by atoms with Crippen LogP contribution in [0.4, 0.5) is 0 Å². The molecule has 0 saturated carbocycles. The number of rotatable bonds is 6. The van der Waals surface area contributed by atoms with Gasteiger partial charge in [0.05, 0.1) is 12.1 Å². The van der Waals surface area contributed by atoms with Gasteiger partial charge in [0, 0.05) is 17.4 Å². The van der Waals surface area contributed by atoms with Crippen LogP contribution in [0.15, 0.2) is 58.3 Å². The highest BCUT2D eigenvalue weighted by molar-refractivity contribution is 7.13. The molecule has 0 aliphatic rings. The standard InChI is InChI=1S/C21H18N2O3S/c1-14-6-8-15(9-7-14)21-22-16(13-27-21)12-25-20(24)11-10-19-23-17-4-2-3-5-18(17)26-19/h2-9,13H,10-12H2,1H3. The second-order valence-electron chi connectivity index (χ2n) is 6.25. The molecular formula is C21H18N2O3S. The number of thiazole rings is 1. The van der Waals surface area contributed by atoms with E-state index in [0.717, 1.165) is 27.4 Å². The lowest BCUT2D eigenvalue weighted by Crippen LogP contribution is -2.06. The molecule has 136 valence electrons. The summed E-state index contributed by atoms with van der Waals surface area (Å²) in [5.74, 6) is 0.255. The van der Waals surface area contributed by atoms with Gasteiger partial charge in [0.1, 0.15) is 17.1 Å². The molecule has 0 saturated heterocycles. The maximum atomic E-state index is 12.0. The molecule has 27 heavy (non-hydrogen) atoms. The van der Waals surface area contributed by atoms with Gasteiger partial charge in [0.25, 0.3) is 0 Å². The van der Waals surface area contributed by atoms with E-state index in [-0.39, 0.29) is 19.0 Å². The van der Waals surface area contributed by atoms with Crippen LogP contribution in [0, 0.1) is 6.92 Å². The first kappa shape index (κ1) is 17.4. The van der Waals surface area contributed by atoms with Crippen molar-refractivity contribution in [2.45, 2.75) is 26.4 Å². The van der Waals surface area contributed by atoms with E-state index in [1.807, 2.05) is 41.8 Å². The number of aromatic nitrogens is 2. The molecule has 2 aromatic heterocycles. The molecule has 0 spiro atoms. The highest BCUT2D eigenvalue weighted by atomic mass is 32.1. The Morgan fingerprint density at radius 1 is 1.11 bits per heavy atom. The third-order valence-electron chi connectivity index (χ3n) is 4.11. The lowest BCUT2D eigenvalue weighted by Gasteiger charge is -2.01. The first-order valence-corrected chi connectivity index (χ1v) is 9.57. The zero-order chi connectivity index (χ0) is 18.6. The van der Waals surface area contributed by atoms with Crippen LogP contribution in [0.2, 0.25) is 0 Å². The fourth-order valence-electron chi connectivity index (χ4n) is 2.66. The molecule has 0 fully saturated rings. The van der Waals surface area contributed by atoms with Crippen LogP contribution in [0.3, 0.4) is 0 Å². The van der Waals surface area contributed by atoms with Gasteiger partial charge in [0.15, 0.2) is 11.5 Å². The number of ether oxygens (including phenoxy) is 1. The number of oxazole rings is 1. The maximum Gasteiger partial charge on any atom is 0.306 e. The van der Waals surface area contributed by atoms with Crippen molar-refractivity contribution in [2.75, 3.05) is 0 Å². The van der Waals surface area contributed by atoms with Gasteiger partial charge in [-0.05, 0) is 19.1 Å². The van der Waals surface area contributed by atoms with Crippen LogP contribution in [0.5, 0.6) is 0 Å². The van der Waals surface area contributed by atoms with Crippen molar-refractivity contribution in [2.24, 2.45) is 0 Å². The SMILES string of the molecule is Cc1ccc(-c2nc(COC(=O)CCc3nc4ccccc4o3)cs2)cc1. The fraction of sp³-hybridized carbons (Fsp3) is 0.190. The molecule has 0 radical (unpaired) electrons. The number of esters is 1. The van der Waals surface area contributed by atoms with Gasteiger partial charge in [-0.25, -0.2) is 9.97 Å².